The largest absolute Gasteiger partial charge is 0.384 e. The number of nitrogens with one attached hydrogen (secondary N) is 2. The molecule has 0 fully saturated rings. The second-order valence-electron chi connectivity index (χ2n) is 6.06. The normalized spacial score (nSPS) is 17.1. The van der Waals surface area contributed by atoms with Gasteiger partial charge in [0.15, 0.2) is 0 Å². The standard InChI is InChI=1S/C18H19N5OS/c1-12-16(21-10-19-12)18-17-15(20-11-22-17)4-5-23(18)8-14-7-13(9-25-14)3-2-6-24/h7,9-11,18,24H,4-6,8H2,1H3,(H,19,21)(H,20,22). The van der Waals surface area contributed by atoms with E-state index in [1.54, 1.807) is 24.0 Å². The van der Waals surface area contributed by atoms with Crippen LogP contribution in [0.2, 0.25) is 0 Å². The molecular weight excluding hydrogens is 334 g/mol. The molecule has 7 heteroatoms. The van der Waals surface area contributed by atoms with E-state index in [2.05, 4.69) is 49.7 Å². The lowest BCUT2D eigenvalue weighted by Crippen LogP contribution is -2.36. The lowest BCUT2D eigenvalue weighted by molar-refractivity contribution is 0.198. The molecule has 4 heterocycles. The van der Waals surface area contributed by atoms with E-state index < -0.39 is 0 Å². The molecule has 0 spiro atoms. The fourth-order valence-corrected chi connectivity index (χ4v) is 4.15. The van der Waals surface area contributed by atoms with E-state index in [1.807, 2.05) is 5.38 Å². The van der Waals surface area contributed by atoms with Crippen LogP contribution in [0.15, 0.2) is 24.1 Å². The molecule has 3 N–H and O–H groups in total. The van der Waals surface area contributed by atoms with Gasteiger partial charge in [0.05, 0.1) is 30.1 Å². The Kier molecular flexibility index (Phi) is 4.40. The molecule has 3 aromatic rings. The van der Waals surface area contributed by atoms with Crippen LogP contribution >= 0.6 is 11.3 Å². The predicted octanol–water partition coefficient (Wildman–Crippen LogP) is 1.99. The summed E-state index contributed by atoms with van der Waals surface area (Å²) in [5.41, 5.74) is 5.33. The minimum Gasteiger partial charge on any atom is -0.384 e. The van der Waals surface area contributed by atoms with Gasteiger partial charge in [-0.05, 0) is 13.0 Å². The molecule has 25 heavy (non-hydrogen) atoms. The number of aliphatic hydroxyl groups excluding tert-OH is 1. The Bertz CT molecular complexity index is 929. The first-order valence-corrected chi connectivity index (χ1v) is 9.07. The van der Waals surface area contributed by atoms with Crippen LogP contribution in [0.4, 0.5) is 0 Å². The molecule has 1 aliphatic rings. The van der Waals surface area contributed by atoms with Crippen molar-refractivity contribution in [1.82, 2.24) is 24.8 Å². The summed E-state index contributed by atoms with van der Waals surface area (Å²) < 4.78 is 0. The topological polar surface area (TPSA) is 80.8 Å². The third kappa shape index (κ3) is 3.12. The lowest BCUT2D eigenvalue weighted by Gasteiger charge is -2.34. The molecule has 0 saturated heterocycles. The summed E-state index contributed by atoms with van der Waals surface area (Å²) in [6.45, 7) is 3.71. The van der Waals surface area contributed by atoms with Crippen molar-refractivity contribution in [3.8, 4) is 11.8 Å². The summed E-state index contributed by atoms with van der Waals surface area (Å²) in [4.78, 5) is 19.3. The molecule has 1 aliphatic heterocycles. The summed E-state index contributed by atoms with van der Waals surface area (Å²) >= 11 is 1.70. The molecule has 0 aliphatic carbocycles. The Balaban J connectivity index is 1.64. The third-order valence-electron chi connectivity index (χ3n) is 4.48. The minimum absolute atomic E-state index is 0.0512. The molecule has 0 amide bonds. The minimum atomic E-state index is -0.111. The Morgan fingerprint density at radius 3 is 2.96 bits per heavy atom. The van der Waals surface area contributed by atoms with Gasteiger partial charge in [0.2, 0.25) is 0 Å². The maximum absolute atomic E-state index is 8.84. The number of hydrogen-bond acceptors (Lipinski definition) is 5. The van der Waals surface area contributed by atoms with E-state index in [4.69, 9.17) is 5.11 Å². The second-order valence-corrected chi connectivity index (χ2v) is 7.06. The van der Waals surface area contributed by atoms with Crippen LogP contribution in [0.1, 0.15) is 39.3 Å². The van der Waals surface area contributed by atoms with Gasteiger partial charge in [0, 0.05) is 46.7 Å². The Morgan fingerprint density at radius 2 is 2.16 bits per heavy atom. The van der Waals surface area contributed by atoms with Gasteiger partial charge in [-0.3, -0.25) is 4.90 Å². The Labute approximate surface area is 150 Å². The van der Waals surface area contributed by atoms with Crippen molar-refractivity contribution in [3.05, 3.63) is 57.3 Å². The zero-order chi connectivity index (χ0) is 17.2. The van der Waals surface area contributed by atoms with Crippen LogP contribution in [-0.4, -0.2) is 43.1 Å². The van der Waals surface area contributed by atoms with Crippen molar-refractivity contribution in [1.29, 1.82) is 0 Å². The first kappa shape index (κ1) is 16.1. The maximum Gasteiger partial charge on any atom is 0.104 e. The number of fused-ring (bicyclic) bond motifs is 1. The van der Waals surface area contributed by atoms with Gasteiger partial charge in [-0.15, -0.1) is 11.3 Å². The van der Waals surface area contributed by atoms with Crippen molar-refractivity contribution in [3.63, 3.8) is 0 Å². The number of aryl methyl sites for hydroxylation is 1. The second kappa shape index (κ2) is 6.84. The van der Waals surface area contributed by atoms with E-state index in [-0.39, 0.29) is 12.6 Å². The van der Waals surface area contributed by atoms with Crippen LogP contribution in [-0.2, 0) is 13.0 Å². The van der Waals surface area contributed by atoms with E-state index in [1.165, 1.54) is 10.6 Å². The lowest BCUT2D eigenvalue weighted by atomic mass is 9.98. The zero-order valence-electron chi connectivity index (χ0n) is 13.9. The number of hydrogen-bond donors (Lipinski definition) is 3. The first-order valence-electron chi connectivity index (χ1n) is 8.19. The summed E-state index contributed by atoms with van der Waals surface area (Å²) in [6.07, 6.45) is 4.48. The average Bonchev–Trinajstić information content (AvgIpc) is 3.34. The van der Waals surface area contributed by atoms with E-state index in [0.29, 0.717) is 0 Å². The highest BCUT2D eigenvalue weighted by molar-refractivity contribution is 7.10. The number of nitrogens with zero attached hydrogens (tertiary/aromatic N) is 3. The summed E-state index contributed by atoms with van der Waals surface area (Å²) in [5.74, 6) is 5.67. The molecule has 1 atom stereocenters. The maximum atomic E-state index is 8.84. The van der Waals surface area contributed by atoms with Crippen molar-refractivity contribution in [2.45, 2.75) is 25.9 Å². The number of aliphatic hydroxyl groups is 1. The fourth-order valence-electron chi connectivity index (χ4n) is 3.31. The van der Waals surface area contributed by atoms with E-state index >= 15 is 0 Å². The monoisotopic (exact) mass is 353 g/mol. The SMILES string of the molecule is Cc1[nH]cnc1C1c2nc[nH]c2CCN1Cc1cc(C#CCO)cs1. The van der Waals surface area contributed by atoms with Crippen LogP contribution in [0.3, 0.4) is 0 Å². The highest BCUT2D eigenvalue weighted by Crippen LogP contribution is 2.35. The van der Waals surface area contributed by atoms with Crippen molar-refractivity contribution < 1.29 is 5.11 Å². The summed E-state index contributed by atoms with van der Waals surface area (Å²) in [5, 5.41) is 10.9. The molecule has 0 saturated carbocycles. The van der Waals surface area contributed by atoms with Crippen LogP contribution in [0, 0.1) is 18.8 Å². The van der Waals surface area contributed by atoms with Gasteiger partial charge in [-0.1, -0.05) is 11.8 Å². The van der Waals surface area contributed by atoms with Crippen LogP contribution < -0.4 is 0 Å². The van der Waals surface area contributed by atoms with Gasteiger partial charge >= 0.3 is 0 Å². The van der Waals surface area contributed by atoms with Gasteiger partial charge in [0.1, 0.15) is 6.61 Å². The van der Waals surface area contributed by atoms with Gasteiger partial charge in [-0.2, -0.15) is 0 Å². The molecule has 128 valence electrons. The smallest absolute Gasteiger partial charge is 0.104 e. The highest BCUT2D eigenvalue weighted by atomic mass is 32.1. The zero-order valence-corrected chi connectivity index (χ0v) is 14.7. The van der Waals surface area contributed by atoms with E-state index in [0.717, 1.165) is 42.2 Å². The quantitative estimate of drug-likeness (QED) is 0.629. The molecule has 6 nitrogen and oxygen atoms in total. The Morgan fingerprint density at radius 1 is 1.32 bits per heavy atom. The molecule has 0 aromatic carbocycles. The predicted molar refractivity (Wildman–Crippen MR) is 96.2 cm³/mol. The molecule has 3 aromatic heterocycles. The third-order valence-corrected chi connectivity index (χ3v) is 5.40. The van der Waals surface area contributed by atoms with Crippen molar-refractivity contribution in [2.75, 3.05) is 13.2 Å². The Hall–Kier alpha value is -2.40. The number of H-pyrrole nitrogens is 2. The molecule has 0 radical (unpaired) electrons. The first-order chi connectivity index (χ1) is 12.3. The van der Waals surface area contributed by atoms with Gasteiger partial charge < -0.3 is 15.1 Å². The van der Waals surface area contributed by atoms with Gasteiger partial charge in [0.25, 0.3) is 0 Å². The molecule has 0 bridgehead atoms. The van der Waals surface area contributed by atoms with Crippen molar-refractivity contribution >= 4 is 11.3 Å². The number of imidazole rings is 2. The highest BCUT2D eigenvalue weighted by Gasteiger charge is 2.33. The van der Waals surface area contributed by atoms with Crippen LogP contribution in [0.5, 0.6) is 0 Å². The number of aromatic amines is 2. The van der Waals surface area contributed by atoms with Crippen molar-refractivity contribution in [2.24, 2.45) is 0 Å². The molecule has 4 rings (SSSR count). The fraction of sp³-hybridized carbons (Fsp3) is 0.333. The number of rotatable bonds is 3. The average molecular weight is 353 g/mol. The molecule has 1 unspecified atom stereocenters. The number of thiophene rings is 1. The van der Waals surface area contributed by atoms with Gasteiger partial charge in [-0.25, -0.2) is 9.97 Å². The summed E-state index contributed by atoms with van der Waals surface area (Å²) in [6, 6.07) is 2.15. The number of aromatic nitrogens is 4. The summed E-state index contributed by atoms with van der Waals surface area (Å²) in [7, 11) is 0. The van der Waals surface area contributed by atoms with Crippen LogP contribution in [0.25, 0.3) is 0 Å². The van der Waals surface area contributed by atoms with E-state index in [9.17, 15) is 0 Å². The molecular formula is C18H19N5OS.